The van der Waals surface area contributed by atoms with E-state index in [9.17, 15) is 27.2 Å². The van der Waals surface area contributed by atoms with Crippen molar-refractivity contribution in [3.8, 4) is 0 Å². The van der Waals surface area contributed by atoms with Crippen molar-refractivity contribution in [3.63, 3.8) is 0 Å². The van der Waals surface area contributed by atoms with Gasteiger partial charge in [0.2, 0.25) is 0 Å². The van der Waals surface area contributed by atoms with E-state index in [0.29, 0.717) is 13.2 Å². The number of amides is 2. The van der Waals surface area contributed by atoms with Crippen LogP contribution in [-0.4, -0.2) is 72.7 Å². The minimum Gasteiger partial charge on any atom is -0.381 e. The maximum absolute atomic E-state index is 14.5. The Kier molecular flexibility index (Phi) is 9.16. The van der Waals surface area contributed by atoms with Crippen LogP contribution in [-0.2, 0) is 30.5 Å². The molecule has 16 heteroatoms. The van der Waals surface area contributed by atoms with Crippen LogP contribution in [0.15, 0.2) is 30.7 Å². The average molecular weight is 554 g/mol. The molecule has 3 aromatic rings. The molecule has 0 aromatic carbocycles. The number of hydrogen-bond donors (Lipinski definition) is 2. The second-order valence-electron chi connectivity index (χ2n) is 9.09. The number of alkyl halides is 4. The molecule has 0 saturated carbocycles. The Morgan fingerprint density at radius 1 is 1.10 bits per heavy atom. The van der Waals surface area contributed by atoms with Crippen LogP contribution in [0.1, 0.15) is 51.5 Å². The van der Waals surface area contributed by atoms with E-state index in [-0.39, 0.29) is 55.0 Å². The van der Waals surface area contributed by atoms with Gasteiger partial charge in [-0.3, -0.25) is 19.3 Å². The van der Waals surface area contributed by atoms with E-state index in [4.69, 9.17) is 4.74 Å². The summed E-state index contributed by atoms with van der Waals surface area (Å²) in [4.78, 5) is 28.4. The van der Waals surface area contributed by atoms with Crippen molar-refractivity contribution in [2.24, 2.45) is 5.92 Å². The standard InChI is InChI=1S/C23H27F4N9O3/c24-17(4-6-35-12-19(31-33-35)21(37)29-9-15-2-1-7-39-14-15)11-36-13-20(32-34-36)22(38)30-10-18-8-16(3-5-28-18)23(25,26)27/h3,5,8,12-13,15,17H,1-2,4,6-7,9-11,14H2,(H,29,37)(H,30,38). The fraction of sp³-hybridized carbons (Fsp3) is 0.522. The van der Waals surface area contributed by atoms with Crippen molar-refractivity contribution >= 4 is 11.8 Å². The maximum Gasteiger partial charge on any atom is 0.416 e. The second-order valence-corrected chi connectivity index (χ2v) is 9.09. The first-order valence-corrected chi connectivity index (χ1v) is 12.3. The van der Waals surface area contributed by atoms with Crippen LogP contribution in [0.25, 0.3) is 0 Å². The highest BCUT2D eigenvalue weighted by Crippen LogP contribution is 2.29. The molecule has 4 rings (SSSR count). The summed E-state index contributed by atoms with van der Waals surface area (Å²) in [5.74, 6) is -0.790. The van der Waals surface area contributed by atoms with Gasteiger partial charge in [-0.1, -0.05) is 10.4 Å². The molecule has 0 spiro atoms. The summed E-state index contributed by atoms with van der Waals surface area (Å²) in [6.45, 7) is 1.55. The predicted molar refractivity (Wildman–Crippen MR) is 126 cm³/mol. The third-order valence-corrected chi connectivity index (χ3v) is 5.98. The molecule has 1 saturated heterocycles. The van der Waals surface area contributed by atoms with Gasteiger partial charge >= 0.3 is 6.18 Å². The summed E-state index contributed by atoms with van der Waals surface area (Å²) in [7, 11) is 0. The second kappa shape index (κ2) is 12.7. The molecule has 2 N–H and O–H groups in total. The number of hydrogen-bond acceptors (Lipinski definition) is 8. The van der Waals surface area contributed by atoms with E-state index in [2.05, 4.69) is 36.2 Å². The van der Waals surface area contributed by atoms with E-state index >= 15 is 0 Å². The Bertz CT molecular complexity index is 1260. The number of halogens is 4. The van der Waals surface area contributed by atoms with Gasteiger partial charge in [-0.15, -0.1) is 10.2 Å². The van der Waals surface area contributed by atoms with E-state index in [1.807, 2.05) is 0 Å². The lowest BCUT2D eigenvalue weighted by Crippen LogP contribution is -2.33. The summed E-state index contributed by atoms with van der Waals surface area (Å²) in [6.07, 6.45) is -0.233. The number of aryl methyl sites for hydroxylation is 1. The largest absolute Gasteiger partial charge is 0.416 e. The topological polar surface area (TPSA) is 142 Å². The van der Waals surface area contributed by atoms with Crippen LogP contribution >= 0.6 is 0 Å². The van der Waals surface area contributed by atoms with Crippen molar-refractivity contribution in [3.05, 3.63) is 53.4 Å². The lowest BCUT2D eigenvalue weighted by Gasteiger charge is -2.21. The highest BCUT2D eigenvalue weighted by atomic mass is 19.4. The van der Waals surface area contributed by atoms with Gasteiger partial charge in [0, 0.05) is 32.3 Å². The molecule has 1 aliphatic rings. The summed E-state index contributed by atoms with van der Waals surface area (Å²) in [5, 5.41) is 20.3. The molecule has 2 amide bonds. The molecule has 1 fully saturated rings. The van der Waals surface area contributed by atoms with Crippen molar-refractivity contribution in [2.75, 3.05) is 19.8 Å². The number of carbonyl (C=O) groups excluding carboxylic acids is 2. The van der Waals surface area contributed by atoms with Gasteiger partial charge < -0.3 is 15.4 Å². The summed E-state index contributed by atoms with van der Waals surface area (Å²) in [6, 6.07) is 1.67. The van der Waals surface area contributed by atoms with Crippen molar-refractivity contribution in [1.29, 1.82) is 0 Å². The van der Waals surface area contributed by atoms with Crippen LogP contribution in [0, 0.1) is 5.92 Å². The molecule has 2 atom stereocenters. The Morgan fingerprint density at radius 3 is 2.54 bits per heavy atom. The number of carbonyl (C=O) groups is 2. The molecule has 1 aliphatic heterocycles. The van der Waals surface area contributed by atoms with E-state index < -0.39 is 23.8 Å². The average Bonchev–Trinajstić information content (AvgIpc) is 3.60. The number of nitrogens with zero attached hydrogens (tertiary/aromatic N) is 7. The quantitative estimate of drug-likeness (QED) is 0.343. The predicted octanol–water partition coefficient (Wildman–Crippen LogP) is 1.80. The zero-order chi connectivity index (χ0) is 27.8. The third-order valence-electron chi connectivity index (χ3n) is 5.98. The maximum atomic E-state index is 14.5. The molecule has 3 aromatic heterocycles. The van der Waals surface area contributed by atoms with Crippen molar-refractivity contribution in [2.45, 2.75) is 51.2 Å². The van der Waals surface area contributed by atoms with Crippen molar-refractivity contribution in [1.82, 2.24) is 45.6 Å². The highest BCUT2D eigenvalue weighted by molar-refractivity contribution is 5.92. The lowest BCUT2D eigenvalue weighted by molar-refractivity contribution is -0.137. The number of pyridine rings is 1. The van der Waals surface area contributed by atoms with Gasteiger partial charge in [-0.25, -0.2) is 9.07 Å². The summed E-state index contributed by atoms with van der Waals surface area (Å²) < 4.78 is 60.9. The van der Waals surface area contributed by atoms with Crippen LogP contribution in [0.2, 0.25) is 0 Å². The van der Waals surface area contributed by atoms with Crippen LogP contribution in [0.3, 0.4) is 0 Å². The van der Waals surface area contributed by atoms with E-state index in [0.717, 1.165) is 42.5 Å². The van der Waals surface area contributed by atoms with E-state index in [1.54, 1.807) is 0 Å². The van der Waals surface area contributed by atoms with Gasteiger partial charge in [0.25, 0.3) is 11.8 Å². The van der Waals surface area contributed by atoms with Gasteiger partial charge in [-0.2, -0.15) is 13.2 Å². The van der Waals surface area contributed by atoms with Gasteiger partial charge in [0.15, 0.2) is 11.4 Å². The van der Waals surface area contributed by atoms with Crippen molar-refractivity contribution < 1.29 is 31.9 Å². The molecule has 2 unspecified atom stereocenters. The Morgan fingerprint density at radius 2 is 1.82 bits per heavy atom. The zero-order valence-corrected chi connectivity index (χ0v) is 20.8. The minimum absolute atomic E-state index is 0.0157. The van der Waals surface area contributed by atoms with Gasteiger partial charge in [0.1, 0.15) is 6.17 Å². The first-order chi connectivity index (χ1) is 18.7. The molecule has 0 bridgehead atoms. The number of rotatable bonds is 11. The normalized spacial score (nSPS) is 16.6. The minimum atomic E-state index is -4.53. The van der Waals surface area contributed by atoms with Gasteiger partial charge in [-0.05, 0) is 30.9 Å². The Balaban J connectivity index is 1.19. The molecular weight excluding hydrogens is 526 g/mol. The third kappa shape index (κ3) is 8.27. The first-order valence-electron chi connectivity index (χ1n) is 12.3. The highest BCUT2D eigenvalue weighted by Gasteiger charge is 2.30. The summed E-state index contributed by atoms with van der Waals surface area (Å²) >= 11 is 0. The van der Waals surface area contributed by atoms with E-state index in [1.165, 1.54) is 17.1 Å². The first kappa shape index (κ1) is 28.1. The fourth-order valence-electron chi connectivity index (χ4n) is 3.88. The molecule has 0 aliphatic carbocycles. The lowest BCUT2D eigenvalue weighted by atomic mass is 10.0. The fourth-order valence-corrected chi connectivity index (χ4v) is 3.88. The molecule has 0 radical (unpaired) electrons. The van der Waals surface area contributed by atoms with Gasteiger partial charge in [0.05, 0.1) is 43.3 Å². The van der Waals surface area contributed by atoms with Crippen LogP contribution in [0.5, 0.6) is 0 Å². The molecule has 12 nitrogen and oxygen atoms in total. The molecule has 210 valence electrons. The van der Waals surface area contributed by atoms with Crippen LogP contribution in [0.4, 0.5) is 17.6 Å². The number of ether oxygens (including phenoxy) is 1. The van der Waals surface area contributed by atoms with Crippen LogP contribution < -0.4 is 10.6 Å². The Hall–Kier alpha value is -3.95. The molecule has 39 heavy (non-hydrogen) atoms. The number of nitrogens with one attached hydrogen (secondary N) is 2. The summed E-state index contributed by atoms with van der Waals surface area (Å²) in [5.41, 5.74) is -0.852. The zero-order valence-electron chi connectivity index (χ0n) is 20.8. The molecule has 4 heterocycles. The monoisotopic (exact) mass is 553 g/mol. The number of aromatic nitrogens is 7. The molecular formula is C23H27F4N9O3. The SMILES string of the molecule is O=C(NCC1CCCOC1)c1cn(CCC(F)Cn2cc(C(=O)NCc3cc(C(F)(F)F)ccn3)nn2)nn1. The Labute approximate surface area is 220 Å². The smallest absolute Gasteiger partial charge is 0.381 e.